The molecule has 2 amide bonds. The maximum atomic E-state index is 12.3. The van der Waals surface area contributed by atoms with Crippen LogP contribution in [-0.2, 0) is 37.0 Å². The minimum atomic E-state index is -3.68. The van der Waals surface area contributed by atoms with Gasteiger partial charge in [-0.15, -0.1) is 0 Å². The average Bonchev–Trinajstić information content (AvgIpc) is 2.70. The molecule has 0 aliphatic rings. The molecular weight excluding hydrogens is 442 g/mol. The number of amides is 2. The van der Waals surface area contributed by atoms with Crippen molar-refractivity contribution in [2.24, 2.45) is 0 Å². The van der Waals surface area contributed by atoms with Crippen LogP contribution in [0.1, 0.15) is 21.5 Å². The summed E-state index contributed by atoms with van der Waals surface area (Å²) in [6, 6.07) is 12.4. The van der Waals surface area contributed by atoms with Gasteiger partial charge in [-0.1, -0.05) is 30.3 Å². The third-order valence-corrected chi connectivity index (χ3v) is 6.89. The van der Waals surface area contributed by atoms with Gasteiger partial charge in [-0.3, -0.25) is 9.59 Å². The Kier molecular flexibility index (Phi) is 7.93. The fourth-order valence-corrected chi connectivity index (χ4v) is 4.34. The number of carbonyl (C=O) groups excluding carboxylic acids is 2. The van der Waals surface area contributed by atoms with E-state index in [1.165, 1.54) is 38.4 Å². The summed E-state index contributed by atoms with van der Waals surface area (Å²) in [4.78, 5) is 24.3. The van der Waals surface area contributed by atoms with E-state index in [1.54, 1.807) is 24.3 Å². The van der Waals surface area contributed by atoms with Gasteiger partial charge in [0, 0.05) is 32.5 Å². The highest BCUT2D eigenvalue weighted by Gasteiger charge is 2.19. The molecule has 168 valence electrons. The van der Waals surface area contributed by atoms with E-state index >= 15 is 0 Å². The highest BCUT2D eigenvalue weighted by molar-refractivity contribution is 7.90. The van der Waals surface area contributed by atoms with E-state index in [4.69, 9.17) is 0 Å². The monoisotopic (exact) mass is 467 g/mol. The predicted octanol–water partition coefficient (Wildman–Crippen LogP) is 0.528. The molecular formula is C20H25N3O6S2. The summed E-state index contributed by atoms with van der Waals surface area (Å²) in [7, 11) is -4.00. The van der Waals surface area contributed by atoms with E-state index in [1.807, 2.05) is 0 Å². The molecule has 31 heavy (non-hydrogen) atoms. The standard InChI is InChI=1S/C20H25N3O6S2/c1-23(2)31(28,29)18-6-4-5-17(11-18)20(25)22-13-19(24)21-12-15-7-9-16(10-8-15)14-30(3,26)27/h4-11H,12-14H2,1-3H3,(H,21,24)(H,22,25). The topological polar surface area (TPSA) is 130 Å². The van der Waals surface area contributed by atoms with Gasteiger partial charge >= 0.3 is 0 Å². The molecule has 2 aromatic carbocycles. The molecule has 0 saturated carbocycles. The molecule has 9 nitrogen and oxygen atoms in total. The van der Waals surface area contributed by atoms with E-state index in [0.29, 0.717) is 5.56 Å². The Balaban J connectivity index is 1.88. The molecule has 2 aromatic rings. The molecule has 2 N–H and O–H groups in total. The van der Waals surface area contributed by atoms with Crippen molar-refractivity contribution in [1.29, 1.82) is 0 Å². The number of carbonyl (C=O) groups is 2. The number of benzene rings is 2. The summed E-state index contributed by atoms with van der Waals surface area (Å²) in [5, 5.41) is 5.10. The zero-order valence-electron chi connectivity index (χ0n) is 17.5. The van der Waals surface area contributed by atoms with Crippen LogP contribution in [0.5, 0.6) is 0 Å². The first-order valence-corrected chi connectivity index (χ1v) is 12.7. The molecule has 11 heteroatoms. The molecule has 2 rings (SSSR count). The van der Waals surface area contributed by atoms with Crippen molar-refractivity contribution in [3.05, 3.63) is 65.2 Å². The molecule has 0 spiro atoms. The highest BCUT2D eigenvalue weighted by atomic mass is 32.2. The summed E-state index contributed by atoms with van der Waals surface area (Å²) >= 11 is 0. The van der Waals surface area contributed by atoms with Gasteiger partial charge in [0.15, 0.2) is 9.84 Å². The molecule has 0 saturated heterocycles. The third-order valence-electron chi connectivity index (χ3n) is 4.23. The minimum Gasteiger partial charge on any atom is -0.350 e. The largest absolute Gasteiger partial charge is 0.350 e. The fourth-order valence-electron chi connectivity index (χ4n) is 2.59. The van der Waals surface area contributed by atoms with Crippen LogP contribution in [0.2, 0.25) is 0 Å². The van der Waals surface area contributed by atoms with E-state index in [9.17, 15) is 26.4 Å². The average molecular weight is 468 g/mol. The normalized spacial score (nSPS) is 11.9. The lowest BCUT2D eigenvalue weighted by Crippen LogP contribution is -2.36. The molecule has 0 heterocycles. The summed E-state index contributed by atoms with van der Waals surface area (Å²) in [5.41, 5.74) is 1.55. The molecule has 0 fully saturated rings. The van der Waals surface area contributed by atoms with E-state index in [2.05, 4.69) is 10.6 Å². The van der Waals surface area contributed by atoms with Crippen LogP contribution >= 0.6 is 0 Å². The number of rotatable bonds is 9. The van der Waals surface area contributed by atoms with Gasteiger partial charge in [0.25, 0.3) is 5.91 Å². The number of sulfone groups is 1. The van der Waals surface area contributed by atoms with Gasteiger partial charge in [0.05, 0.1) is 17.2 Å². The third kappa shape index (κ3) is 7.46. The Morgan fingerprint density at radius 1 is 0.903 bits per heavy atom. The Morgan fingerprint density at radius 2 is 1.52 bits per heavy atom. The maximum Gasteiger partial charge on any atom is 0.251 e. The van der Waals surface area contributed by atoms with Crippen molar-refractivity contribution in [1.82, 2.24) is 14.9 Å². The second kappa shape index (κ2) is 10.0. The van der Waals surface area contributed by atoms with Crippen molar-refractivity contribution >= 4 is 31.7 Å². The summed E-state index contributed by atoms with van der Waals surface area (Å²) in [6.45, 7) is -0.0694. The van der Waals surface area contributed by atoms with Crippen LogP contribution in [-0.4, -0.2) is 59.9 Å². The molecule has 0 aromatic heterocycles. The second-order valence-electron chi connectivity index (χ2n) is 7.16. The Bertz CT molecular complexity index is 1160. The van der Waals surface area contributed by atoms with Crippen LogP contribution in [0, 0.1) is 0 Å². The van der Waals surface area contributed by atoms with Crippen molar-refractivity contribution in [3.63, 3.8) is 0 Å². The second-order valence-corrected chi connectivity index (χ2v) is 11.5. The van der Waals surface area contributed by atoms with Crippen molar-refractivity contribution in [2.45, 2.75) is 17.2 Å². The Morgan fingerprint density at radius 3 is 2.10 bits per heavy atom. The highest BCUT2D eigenvalue weighted by Crippen LogP contribution is 2.14. The summed E-state index contributed by atoms with van der Waals surface area (Å²) in [6.07, 6.45) is 1.16. The number of sulfonamides is 1. The van der Waals surface area contributed by atoms with Crippen LogP contribution < -0.4 is 10.6 Å². The first kappa shape index (κ1) is 24.5. The first-order valence-electron chi connectivity index (χ1n) is 9.21. The van der Waals surface area contributed by atoms with Crippen LogP contribution in [0.3, 0.4) is 0 Å². The van der Waals surface area contributed by atoms with Crippen molar-refractivity contribution < 1.29 is 26.4 Å². The van der Waals surface area contributed by atoms with E-state index in [-0.39, 0.29) is 29.3 Å². The van der Waals surface area contributed by atoms with Gasteiger partial charge in [-0.2, -0.15) is 0 Å². The quantitative estimate of drug-likeness (QED) is 0.553. The lowest BCUT2D eigenvalue weighted by molar-refractivity contribution is -0.120. The Hall–Kier alpha value is -2.76. The van der Waals surface area contributed by atoms with Crippen LogP contribution in [0.15, 0.2) is 53.4 Å². The number of hydrogen-bond donors (Lipinski definition) is 2. The number of nitrogens with zero attached hydrogens (tertiary/aromatic N) is 1. The summed E-state index contributed by atoms with van der Waals surface area (Å²) < 4.78 is 48.0. The fraction of sp³-hybridized carbons (Fsp3) is 0.300. The van der Waals surface area contributed by atoms with Crippen LogP contribution in [0.25, 0.3) is 0 Å². The van der Waals surface area contributed by atoms with Crippen LogP contribution in [0.4, 0.5) is 0 Å². The zero-order chi connectivity index (χ0) is 23.2. The van der Waals surface area contributed by atoms with Crippen molar-refractivity contribution in [2.75, 3.05) is 26.9 Å². The first-order chi connectivity index (χ1) is 14.4. The van der Waals surface area contributed by atoms with Gasteiger partial charge < -0.3 is 10.6 Å². The van der Waals surface area contributed by atoms with E-state index < -0.39 is 31.7 Å². The smallest absolute Gasteiger partial charge is 0.251 e. The molecule has 0 atom stereocenters. The predicted molar refractivity (Wildman–Crippen MR) is 116 cm³/mol. The number of hydrogen-bond acceptors (Lipinski definition) is 6. The molecule has 0 radical (unpaired) electrons. The van der Waals surface area contributed by atoms with Gasteiger partial charge in [-0.05, 0) is 29.3 Å². The Labute approximate surface area is 182 Å². The number of nitrogens with one attached hydrogen (secondary N) is 2. The minimum absolute atomic E-state index is 0.0195. The zero-order valence-corrected chi connectivity index (χ0v) is 19.1. The van der Waals surface area contributed by atoms with Gasteiger partial charge in [-0.25, -0.2) is 21.1 Å². The lowest BCUT2D eigenvalue weighted by atomic mass is 10.1. The van der Waals surface area contributed by atoms with Crippen molar-refractivity contribution in [3.8, 4) is 0 Å². The van der Waals surface area contributed by atoms with Gasteiger partial charge in [0.2, 0.25) is 15.9 Å². The van der Waals surface area contributed by atoms with E-state index in [0.717, 1.165) is 16.1 Å². The lowest BCUT2D eigenvalue weighted by Gasteiger charge is -2.12. The SMILES string of the molecule is CN(C)S(=O)(=O)c1cccc(C(=O)NCC(=O)NCc2ccc(CS(C)(=O)=O)cc2)c1. The molecule has 0 aliphatic heterocycles. The molecule has 0 bridgehead atoms. The maximum absolute atomic E-state index is 12.3. The van der Waals surface area contributed by atoms with Gasteiger partial charge in [0.1, 0.15) is 0 Å². The molecule has 0 unspecified atom stereocenters. The molecule has 0 aliphatic carbocycles. The summed E-state index contributed by atoms with van der Waals surface area (Å²) in [5.74, 6) is -1.05.